The zero-order valence-corrected chi connectivity index (χ0v) is 16.4. The van der Waals surface area contributed by atoms with E-state index in [1.165, 1.54) is 29.8 Å². The van der Waals surface area contributed by atoms with Gasteiger partial charge in [0.2, 0.25) is 5.91 Å². The van der Waals surface area contributed by atoms with E-state index in [4.69, 9.17) is 28.9 Å². The van der Waals surface area contributed by atoms with Gasteiger partial charge in [0.15, 0.2) is 5.11 Å². The first-order chi connectivity index (χ1) is 12.8. The molecule has 0 aromatic heterocycles. The number of carbonyl (C=O) groups is 2. The molecule has 0 saturated carbocycles. The maximum Gasteiger partial charge on any atom is 0.335 e. The number of carboxylic acid groups (broad SMARTS) is 1. The Balaban J connectivity index is 1.96. The monoisotopic (exact) mass is 402 g/mol. The van der Waals surface area contributed by atoms with Crippen LogP contribution in [0.5, 0.6) is 0 Å². The maximum atomic E-state index is 12.0. The summed E-state index contributed by atoms with van der Waals surface area (Å²) in [5.74, 6) is -1.05. The Morgan fingerprint density at radius 1 is 1.15 bits per heavy atom. The summed E-state index contributed by atoms with van der Waals surface area (Å²) < 4.78 is 0. The molecule has 0 radical (unpaired) electrons. The van der Waals surface area contributed by atoms with Crippen molar-refractivity contribution in [1.82, 2.24) is 5.32 Å². The first kappa shape index (κ1) is 20.6. The molecule has 0 aliphatic heterocycles. The van der Waals surface area contributed by atoms with Gasteiger partial charge in [-0.3, -0.25) is 10.1 Å². The normalized spacial score (nSPS) is 10.8. The lowest BCUT2D eigenvalue weighted by Gasteiger charge is -2.10. The van der Waals surface area contributed by atoms with Crippen LogP contribution in [0.4, 0.5) is 5.69 Å². The predicted molar refractivity (Wildman–Crippen MR) is 112 cm³/mol. The molecule has 0 atom stereocenters. The highest BCUT2D eigenvalue weighted by molar-refractivity contribution is 7.80. The van der Waals surface area contributed by atoms with Crippen molar-refractivity contribution in [1.29, 1.82) is 0 Å². The van der Waals surface area contributed by atoms with Crippen LogP contribution in [0.15, 0.2) is 48.5 Å². The topological polar surface area (TPSA) is 78.4 Å². The molecule has 0 saturated heterocycles. The van der Waals surface area contributed by atoms with Crippen molar-refractivity contribution < 1.29 is 14.7 Å². The number of carbonyl (C=O) groups excluding carboxylic acids is 1. The highest BCUT2D eigenvalue weighted by atomic mass is 35.5. The van der Waals surface area contributed by atoms with Gasteiger partial charge >= 0.3 is 5.97 Å². The number of carboxylic acids is 1. The van der Waals surface area contributed by atoms with Crippen molar-refractivity contribution in [3.8, 4) is 0 Å². The van der Waals surface area contributed by atoms with Gasteiger partial charge < -0.3 is 10.4 Å². The molecule has 0 aliphatic carbocycles. The predicted octanol–water partition coefficient (Wildman–Crippen LogP) is 4.69. The molecule has 0 fully saturated rings. The summed E-state index contributed by atoms with van der Waals surface area (Å²) in [6.07, 6.45) is 3.05. The van der Waals surface area contributed by atoms with Gasteiger partial charge in [-0.1, -0.05) is 49.7 Å². The van der Waals surface area contributed by atoms with Crippen LogP contribution in [-0.4, -0.2) is 22.1 Å². The van der Waals surface area contributed by atoms with Gasteiger partial charge in [-0.25, -0.2) is 4.79 Å². The van der Waals surface area contributed by atoms with Crippen LogP contribution in [0.1, 0.15) is 41.3 Å². The minimum absolute atomic E-state index is 0.0178. The number of rotatable bonds is 5. The van der Waals surface area contributed by atoms with Crippen molar-refractivity contribution in [3.63, 3.8) is 0 Å². The van der Waals surface area contributed by atoms with E-state index in [1.807, 2.05) is 24.3 Å². The summed E-state index contributed by atoms with van der Waals surface area (Å²) in [5, 5.41) is 14.5. The molecular formula is C20H19ClN2O3S. The molecule has 2 rings (SSSR count). The summed E-state index contributed by atoms with van der Waals surface area (Å²) >= 11 is 11.1. The smallest absolute Gasteiger partial charge is 0.335 e. The van der Waals surface area contributed by atoms with E-state index in [9.17, 15) is 9.59 Å². The third kappa shape index (κ3) is 6.20. The van der Waals surface area contributed by atoms with E-state index < -0.39 is 11.9 Å². The van der Waals surface area contributed by atoms with Crippen LogP contribution in [0.3, 0.4) is 0 Å². The standard InChI is InChI=1S/C20H19ClN2O3S/c1-12(2)14-6-3-13(4-7-14)5-10-18(24)23-20(27)22-17-11-15(19(25)26)8-9-16(17)21/h3-12H,1-2H3,(H,25,26)(H2,22,23,24,27). The zero-order chi connectivity index (χ0) is 20.0. The second-order valence-corrected chi connectivity index (χ2v) is 6.91. The molecule has 5 nitrogen and oxygen atoms in total. The first-order valence-electron chi connectivity index (χ1n) is 8.19. The number of benzene rings is 2. The minimum Gasteiger partial charge on any atom is -0.478 e. The fourth-order valence-electron chi connectivity index (χ4n) is 2.23. The van der Waals surface area contributed by atoms with Crippen molar-refractivity contribution >= 4 is 52.6 Å². The fraction of sp³-hybridized carbons (Fsp3) is 0.150. The number of halogens is 1. The number of anilines is 1. The van der Waals surface area contributed by atoms with Crippen molar-refractivity contribution in [2.75, 3.05) is 5.32 Å². The lowest BCUT2D eigenvalue weighted by molar-refractivity contribution is -0.115. The number of nitrogens with one attached hydrogen (secondary N) is 2. The molecule has 0 heterocycles. The molecule has 27 heavy (non-hydrogen) atoms. The molecule has 0 aliphatic rings. The SMILES string of the molecule is CC(C)c1ccc(C=CC(=O)NC(=S)Nc2cc(C(=O)O)ccc2Cl)cc1. The quantitative estimate of drug-likeness (QED) is 0.499. The number of aromatic carboxylic acids is 1. The summed E-state index contributed by atoms with van der Waals surface area (Å²) in [6, 6.07) is 12.1. The number of hydrogen-bond donors (Lipinski definition) is 3. The van der Waals surface area contributed by atoms with Gasteiger partial charge in [-0.15, -0.1) is 0 Å². The molecule has 2 aromatic carbocycles. The maximum absolute atomic E-state index is 12.0. The van der Waals surface area contributed by atoms with Crippen molar-refractivity contribution in [2.45, 2.75) is 19.8 Å². The number of thiocarbonyl (C=S) groups is 1. The molecule has 1 amide bonds. The largest absolute Gasteiger partial charge is 0.478 e. The summed E-state index contributed by atoms with van der Waals surface area (Å²) in [4.78, 5) is 23.0. The summed E-state index contributed by atoms with van der Waals surface area (Å²) in [6.45, 7) is 4.23. The Kier molecular flexibility index (Phi) is 7.10. The molecule has 3 N–H and O–H groups in total. The first-order valence-corrected chi connectivity index (χ1v) is 8.97. The van der Waals surface area contributed by atoms with E-state index in [0.29, 0.717) is 11.6 Å². The molecule has 0 unspecified atom stereocenters. The highest BCUT2D eigenvalue weighted by Crippen LogP contribution is 2.23. The van der Waals surface area contributed by atoms with Gasteiger partial charge in [-0.2, -0.15) is 0 Å². The van der Waals surface area contributed by atoms with Crippen LogP contribution < -0.4 is 10.6 Å². The number of amides is 1. The van der Waals surface area contributed by atoms with Crippen LogP contribution in [0.2, 0.25) is 5.02 Å². The Bertz CT molecular complexity index is 893. The summed E-state index contributed by atoms with van der Waals surface area (Å²) in [7, 11) is 0. The minimum atomic E-state index is -1.09. The molecule has 140 valence electrons. The fourth-order valence-corrected chi connectivity index (χ4v) is 2.60. The molecule has 2 aromatic rings. The van der Waals surface area contributed by atoms with Gasteiger partial charge in [0.25, 0.3) is 0 Å². The van der Waals surface area contributed by atoms with Crippen LogP contribution in [0, 0.1) is 0 Å². The van der Waals surface area contributed by atoms with Crippen LogP contribution in [-0.2, 0) is 4.79 Å². The average Bonchev–Trinajstić information content (AvgIpc) is 2.62. The number of hydrogen-bond acceptors (Lipinski definition) is 3. The Morgan fingerprint density at radius 2 is 1.81 bits per heavy atom. The van der Waals surface area contributed by atoms with Crippen LogP contribution in [0.25, 0.3) is 6.08 Å². The third-order valence-corrected chi connectivity index (χ3v) is 4.26. The highest BCUT2D eigenvalue weighted by Gasteiger charge is 2.09. The van der Waals surface area contributed by atoms with E-state index in [-0.39, 0.29) is 15.7 Å². The Morgan fingerprint density at radius 3 is 2.41 bits per heavy atom. The van der Waals surface area contributed by atoms with Crippen LogP contribution >= 0.6 is 23.8 Å². The molecule has 7 heteroatoms. The lowest BCUT2D eigenvalue weighted by atomic mass is 10.0. The average molecular weight is 403 g/mol. The second kappa shape index (κ2) is 9.30. The van der Waals surface area contributed by atoms with E-state index in [0.717, 1.165) is 5.56 Å². The van der Waals surface area contributed by atoms with E-state index in [1.54, 1.807) is 6.08 Å². The molecule has 0 bridgehead atoms. The van der Waals surface area contributed by atoms with Crippen molar-refractivity contribution in [3.05, 3.63) is 70.3 Å². The molecular weight excluding hydrogens is 384 g/mol. The Hall–Kier alpha value is -2.70. The molecule has 0 spiro atoms. The second-order valence-electron chi connectivity index (χ2n) is 6.10. The summed E-state index contributed by atoms with van der Waals surface area (Å²) in [5.41, 5.74) is 2.48. The van der Waals surface area contributed by atoms with Gasteiger partial charge in [0, 0.05) is 6.08 Å². The lowest BCUT2D eigenvalue weighted by Crippen LogP contribution is -2.32. The van der Waals surface area contributed by atoms with Crippen molar-refractivity contribution in [2.24, 2.45) is 0 Å². The zero-order valence-electron chi connectivity index (χ0n) is 14.8. The van der Waals surface area contributed by atoms with Gasteiger partial charge in [0.05, 0.1) is 16.3 Å². The van der Waals surface area contributed by atoms with E-state index in [2.05, 4.69) is 24.5 Å². The van der Waals surface area contributed by atoms with E-state index >= 15 is 0 Å². The third-order valence-electron chi connectivity index (χ3n) is 3.73. The Labute approximate surface area is 168 Å². The van der Waals surface area contributed by atoms with Gasteiger partial charge in [-0.05, 0) is 53.5 Å². The van der Waals surface area contributed by atoms with Gasteiger partial charge in [0.1, 0.15) is 0 Å².